The summed E-state index contributed by atoms with van der Waals surface area (Å²) in [6, 6.07) is 5.07. The van der Waals surface area contributed by atoms with Crippen LogP contribution >= 0.6 is 35.6 Å². The van der Waals surface area contributed by atoms with E-state index in [4.69, 9.17) is 23.2 Å². The molecule has 0 bridgehead atoms. The van der Waals surface area contributed by atoms with Gasteiger partial charge >= 0.3 is 0 Å². The molecule has 6 heteroatoms. The maximum atomic E-state index is 12.0. The predicted octanol–water partition coefficient (Wildman–Crippen LogP) is 3.14. The third kappa shape index (κ3) is 4.53. The van der Waals surface area contributed by atoms with Crippen molar-refractivity contribution in [2.75, 3.05) is 19.6 Å². The van der Waals surface area contributed by atoms with Crippen LogP contribution in [0.1, 0.15) is 23.2 Å². The Balaban J connectivity index is 0.00000180. The minimum absolute atomic E-state index is 0. The standard InChI is InChI=1S/C13H16Cl2N2O.ClH/c14-10-2-1-3-11(15)12(10)13(18)17-7-5-9-4-6-16-8-9;/h1-3,9,16H,4-8H2,(H,17,18);1H. The molecule has 1 aromatic carbocycles. The molecule has 1 saturated heterocycles. The van der Waals surface area contributed by atoms with Crippen molar-refractivity contribution in [3.63, 3.8) is 0 Å². The SMILES string of the molecule is Cl.O=C(NCCC1CCNC1)c1c(Cl)cccc1Cl. The van der Waals surface area contributed by atoms with Gasteiger partial charge in [0.2, 0.25) is 0 Å². The van der Waals surface area contributed by atoms with Gasteiger partial charge in [-0.1, -0.05) is 29.3 Å². The van der Waals surface area contributed by atoms with Gasteiger partial charge in [-0.25, -0.2) is 0 Å². The fourth-order valence-corrected chi connectivity index (χ4v) is 2.72. The van der Waals surface area contributed by atoms with E-state index in [2.05, 4.69) is 10.6 Å². The fourth-order valence-electron chi connectivity index (χ4n) is 2.15. The van der Waals surface area contributed by atoms with Crippen molar-refractivity contribution in [2.45, 2.75) is 12.8 Å². The highest BCUT2D eigenvalue weighted by Crippen LogP contribution is 2.24. The summed E-state index contributed by atoms with van der Waals surface area (Å²) in [5.41, 5.74) is 0.366. The normalized spacial score (nSPS) is 17.9. The maximum Gasteiger partial charge on any atom is 0.254 e. The monoisotopic (exact) mass is 322 g/mol. The molecular weight excluding hydrogens is 307 g/mol. The molecule has 0 aromatic heterocycles. The fraction of sp³-hybridized carbons (Fsp3) is 0.462. The Morgan fingerprint density at radius 1 is 1.37 bits per heavy atom. The van der Waals surface area contributed by atoms with E-state index in [0.29, 0.717) is 28.1 Å². The molecule has 1 aliphatic heterocycles. The number of rotatable bonds is 4. The zero-order chi connectivity index (χ0) is 13.0. The van der Waals surface area contributed by atoms with Crippen LogP contribution in [0.4, 0.5) is 0 Å². The first kappa shape index (κ1) is 16.6. The molecule has 1 fully saturated rings. The highest BCUT2D eigenvalue weighted by Gasteiger charge is 2.16. The Bertz CT molecular complexity index is 414. The summed E-state index contributed by atoms with van der Waals surface area (Å²) in [6.45, 7) is 2.78. The summed E-state index contributed by atoms with van der Waals surface area (Å²) in [5, 5.41) is 6.96. The number of amides is 1. The van der Waals surface area contributed by atoms with Crippen molar-refractivity contribution >= 4 is 41.5 Å². The molecule has 0 spiro atoms. The van der Waals surface area contributed by atoms with Crippen LogP contribution in [0, 0.1) is 5.92 Å². The summed E-state index contributed by atoms with van der Waals surface area (Å²) >= 11 is 12.0. The Morgan fingerprint density at radius 3 is 2.63 bits per heavy atom. The largest absolute Gasteiger partial charge is 0.352 e. The summed E-state index contributed by atoms with van der Waals surface area (Å²) in [4.78, 5) is 12.0. The van der Waals surface area contributed by atoms with Gasteiger partial charge in [-0.05, 0) is 44.0 Å². The van der Waals surface area contributed by atoms with E-state index < -0.39 is 0 Å². The van der Waals surface area contributed by atoms with E-state index in [9.17, 15) is 4.79 Å². The van der Waals surface area contributed by atoms with Gasteiger partial charge in [0.25, 0.3) is 5.91 Å². The minimum Gasteiger partial charge on any atom is -0.352 e. The van der Waals surface area contributed by atoms with Crippen LogP contribution in [-0.4, -0.2) is 25.5 Å². The molecular formula is C13H17Cl3N2O. The molecule has 0 aliphatic carbocycles. The Morgan fingerprint density at radius 2 is 2.05 bits per heavy atom. The highest BCUT2D eigenvalue weighted by atomic mass is 35.5. The van der Waals surface area contributed by atoms with Crippen LogP contribution in [0.5, 0.6) is 0 Å². The van der Waals surface area contributed by atoms with Crippen molar-refractivity contribution in [3.05, 3.63) is 33.8 Å². The Hall–Kier alpha value is -0.480. The van der Waals surface area contributed by atoms with Gasteiger partial charge in [0.05, 0.1) is 15.6 Å². The number of hydrogen-bond donors (Lipinski definition) is 2. The second kappa shape index (κ2) is 7.95. The molecule has 106 valence electrons. The number of carbonyl (C=O) groups is 1. The first-order valence-corrected chi connectivity index (χ1v) is 6.87. The summed E-state index contributed by atoms with van der Waals surface area (Å²) in [6.07, 6.45) is 2.17. The van der Waals surface area contributed by atoms with E-state index in [1.54, 1.807) is 18.2 Å². The molecule has 1 heterocycles. The van der Waals surface area contributed by atoms with Crippen LogP contribution in [0.25, 0.3) is 0 Å². The van der Waals surface area contributed by atoms with E-state index in [0.717, 1.165) is 19.5 Å². The lowest BCUT2D eigenvalue weighted by atomic mass is 10.1. The Labute approximate surface area is 129 Å². The summed E-state index contributed by atoms with van der Waals surface area (Å²) in [5.74, 6) is 0.462. The number of halogens is 3. The maximum absolute atomic E-state index is 12.0. The zero-order valence-corrected chi connectivity index (χ0v) is 12.7. The van der Waals surface area contributed by atoms with Crippen LogP contribution in [0.3, 0.4) is 0 Å². The van der Waals surface area contributed by atoms with Gasteiger partial charge in [0.15, 0.2) is 0 Å². The van der Waals surface area contributed by atoms with Gasteiger partial charge in [0, 0.05) is 6.54 Å². The van der Waals surface area contributed by atoms with Gasteiger partial charge in [-0.2, -0.15) is 0 Å². The van der Waals surface area contributed by atoms with Gasteiger partial charge < -0.3 is 10.6 Å². The van der Waals surface area contributed by atoms with Crippen molar-refractivity contribution in [1.29, 1.82) is 0 Å². The minimum atomic E-state index is -0.198. The summed E-state index contributed by atoms with van der Waals surface area (Å²) < 4.78 is 0. The van der Waals surface area contributed by atoms with E-state index in [1.165, 1.54) is 6.42 Å². The molecule has 19 heavy (non-hydrogen) atoms. The first-order valence-electron chi connectivity index (χ1n) is 6.11. The number of nitrogens with one attached hydrogen (secondary N) is 2. The van der Waals surface area contributed by atoms with Crippen LogP contribution in [0.2, 0.25) is 10.0 Å². The lowest BCUT2D eigenvalue weighted by molar-refractivity contribution is 0.0952. The van der Waals surface area contributed by atoms with Crippen LogP contribution < -0.4 is 10.6 Å². The smallest absolute Gasteiger partial charge is 0.254 e. The topological polar surface area (TPSA) is 41.1 Å². The third-order valence-electron chi connectivity index (χ3n) is 3.19. The van der Waals surface area contributed by atoms with Gasteiger partial charge in [-0.3, -0.25) is 4.79 Å². The molecule has 0 radical (unpaired) electrons. The molecule has 0 saturated carbocycles. The first-order chi connectivity index (χ1) is 8.68. The lowest BCUT2D eigenvalue weighted by Gasteiger charge is -2.11. The van der Waals surface area contributed by atoms with Gasteiger partial charge in [-0.15, -0.1) is 12.4 Å². The molecule has 2 N–H and O–H groups in total. The van der Waals surface area contributed by atoms with E-state index in [1.807, 2.05) is 0 Å². The number of hydrogen-bond acceptors (Lipinski definition) is 2. The average molecular weight is 324 g/mol. The van der Waals surface area contributed by atoms with E-state index in [-0.39, 0.29) is 18.3 Å². The lowest BCUT2D eigenvalue weighted by Crippen LogP contribution is -2.27. The third-order valence-corrected chi connectivity index (χ3v) is 3.82. The predicted molar refractivity (Wildman–Crippen MR) is 81.6 cm³/mol. The average Bonchev–Trinajstić information content (AvgIpc) is 2.82. The second-order valence-corrected chi connectivity index (χ2v) is 5.31. The molecule has 1 unspecified atom stereocenters. The number of benzene rings is 1. The quantitative estimate of drug-likeness (QED) is 0.894. The van der Waals surface area contributed by atoms with Crippen molar-refractivity contribution in [3.8, 4) is 0 Å². The van der Waals surface area contributed by atoms with Crippen molar-refractivity contribution in [1.82, 2.24) is 10.6 Å². The molecule has 1 aliphatic rings. The molecule has 2 rings (SSSR count). The summed E-state index contributed by atoms with van der Waals surface area (Å²) in [7, 11) is 0. The van der Waals surface area contributed by atoms with E-state index >= 15 is 0 Å². The van der Waals surface area contributed by atoms with Crippen LogP contribution in [0.15, 0.2) is 18.2 Å². The second-order valence-electron chi connectivity index (χ2n) is 4.50. The molecule has 3 nitrogen and oxygen atoms in total. The molecule has 1 aromatic rings. The van der Waals surface area contributed by atoms with Crippen LogP contribution in [-0.2, 0) is 0 Å². The van der Waals surface area contributed by atoms with Crippen molar-refractivity contribution < 1.29 is 4.79 Å². The highest BCUT2D eigenvalue weighted by molar-refractivity contribution is 6.39. The Kier molecular flexibility index (Phi) is 6.94. The van der Waals surface area contributed by atoms with Gasteiger partial charge in [0.1, 0.15) is 0 Å². The zero-order valence-electron chi connectivity index (χ0n) is 10.4. The molecule has 1 atom stereocenters. The number of carbonyl (C=O) groups excluding carboxylic acids is 1. The molecule has 1 amide bonds. The van der Waals surface area contributed by atoms with Crippen molar-refractivity contribution in [2.24, 2.45) is 5.92 Å².